The first-order valence-electron chi connectivity index (χ1n) is 50.8. The van der Waals surface area contributed by atoms with E-state index in [2.05, 4.69) is 563 Å². The van der Waals surface area contributed by atoms with Gasteiger partial charge in [0.2, 0.25) is 0 Å². The van der Waals surface area contributed by atoms with Gasteiger partial charge in [0.1, 0.15) is 0 Å². The van der Waals surface area contributed by atoms with Gasteiger partial charge in [0.25, 0.3) is 0 Å². The summed E-state index contributed by atoms with van der Waals surface area (Å²) in [6, 6.07) is 172. The van der Waals surface area contributed by atoms with Gasteiger partial charge >= 0.3 is 0 Å². The summed E-state index contributed by atoms with van der Waals surface area (Å²) in [4.78, 5) is 4.84. The fourth-order valence-corrected chi connectivity index (χ4v) is 22.3. The van der Waals surface area contributed by atoms with Crippen molar-refractivity contribution in [1.82, 2.24) is 8.80 Å². The van der Waals surface area contributed by atoms with Crippen molar-refractivity contribution in [2.45, 2.75) is 105 Å². The molecular formula is C140H112N4. The number of rotatable bonds is 14. The van der Waals surface area contributed by atoms with E-state index in [4.69, 9.17) is 0 Å². The second-order valence-electron chi connectivity index (χ2n) is 43.8. The summed E-state index contributed by atoms with van der Waals surface area (Å²) < 4.78 is 5.11. The number of hydrogen-bond acceptors (Lipinski definition) is 2. The molecule has 0 bridgehead atoms. The average molecular weight is 1850 g/mol. The van der Waals surface area contributed by atoms with Crippen molar-refractivity contribution in [2.24, 2.45) is 0 Å². The number of benzene rings is 22. The molecule has 0 aliphatic rings. The molecule has 4 aromatic heterocycles. The Morgan fingerprint density at radius 1 is 0.139 bits per heavy atom. The van der Waals surface area contributed by atoms with Crippen molar-refractivity contribution >= 4 is 153 Å². The lowest BCUT2D eigenvalue weighted by molar-refractivity contribution is 0.590. The van der Waals surface area contributed by atoms with E-state index in [1.807, 2.05) is 0 Å². The van der Waals surface area contributed by atoms with Crippen LogP contribution in [-0.4, -0.2) is 8.80 Å². The van der Waals surface area contributed by atoms with Gasteiger partial charge in [0.15, 0.2) is 0 Å². The van der Waals surface area contributed by atoms with Crippen LogP contribution in [-0.2, 0) is 21.7 Å². The first-order chi connectivity index (χ1) is 69.8. The average Bonchev–Trinajstić information content (AvgIpc) is 1.53. The third-order valence-corrected chi connectivity index (χ3v) is 30.4. The lowest BCUT2D eigenvalue weighted by Crippen LogP contribution is -2.14. The van der Waals surface area contributed by atoms with Crippen LogP contribution in [0, 0.1) is 0 Å². The molecule has 144 heavy (non-hydrogen) atoms. The summed E-state index contributed by atoms with van der Waals surface area (Å²) in [5.41, 5.74) is 39.2. The van der Waals surface area contributed by atoms with Crippen LogP contribution in [0.25, 0.3) is 208 Å². The molecule has 0 fully saturated rings. The molecule has 0 saturated carbocycles. The van der Waals surface area contributed by atoms with E-state index >= 15 is 0 Å². The monoisotopic (exact) mass is 1850 g/mol. The van der Waals surface area contributed by atoms with E-state index in [1.54, 1.807) is 0 Å². The zero-order valence-corrected chi connectivity index (χ0v) is 83.7. The molecule has 26 rings (SSSR count). The van der Waals surface area contributed by atoms with Crippen molar-refractivity contribution in [3.05, 3.63) is 483 Å². The van der Waals surface area contributed by atoms with Crippen LogP contribution in [0.3, 0.4) is 0 Å². The standard InChI is InChI=1S/C78H73N3.C62H39N/c1-75(2,3)58-24-34-62(35-25-58)79(63-36-26-59(27-37-63)76(4,5)6)66-32-22-53-44-68-70-46-57(52-20-18-51(19-21-52)50-16-14-13-15-17-50)47-71-69-45-54-23-33-67(43-56(54)49-73(69)81(74(70)71)72(68)48-55(53)42-66)80(64-38-28-60(29-39-64)77(7,8)9)65-40-30-61(31-41-65)78(10,11)12;1-4-10-40(11-5-1)43-16-22-46(23-17-43)49-28-30-51-34-56-58-36-55(48-26-20-45(21-27-48)42-14-8-3-9-15-42)37-59-57-35-52-31-29-50(47-24-18-44(19-25-47)41-12-6-2-7-13-41)33-54(52)39-61(57)63(62(58)59)60(56)38-53(51)32-49/h13-49H,1-12H3;1-39H. The van der Waals surface area contributed by atoms with Crippen LogP contribution in [0.2, 0.25) is 0 Å². The second kappa shape index (κ2) is 34.5. The van der Waals surface area contributed by atoms with E-state index in [9.17, 15) is 0 Å². The van der Waals surface area contributed by atoms with E-state index in [0.717, 1.165) is 34.1 Å². The molecule has 22 aromatic carbocycles. The molecule has 4 nitrogen and oxygen atoms in total. The third kappa shape index (κ3) is 16.0. The summed E-state index contributed by atoms with van der Waals surface area (Å²) >= 11 is 0. The van der Waals surface area contributed by atoms with Crippen molar-refractivity contribution in [2.75, 3.05) is 9.80 Å². The Morgan fingerprint density at radius 2 is 0.326 bits per heavy atom. The van der Waals surface area contributed by atoms with E-state index < -0.39 is 0 Å². The van der Waals surface area contributed by atoms with Crippen LogP contribution in [0.4, 0.5) is 34.1 Å². The summed E-state index contributed by atoms with van der Waals surface area (Å²) in [7, 11) is 0. The highest BCUT2D eigenvalue weighted by Crippen LogP contribution is 2.51. The third-order valence-electron chi connectivity index (χ3n) is 30.4. The molecule has 4 heterocycles. The van der Waals surface area contributed by atoms with Gasteiger partial charge in [-0.1, -0.05) is 386 Å². The summed E-state index contributed by atoms with van der Waals surface area (Å²) in [6.45, 7) is 27.4. The molecule has 0 amide bonds. The Bertz CT molecular complexity index is 8830. The van der Waals surface area contributed by atoms with Gasteiger partial charge in [-0.25, -0.2) is 0 Å². The van der Waals surface area contributed by atoms with E-state index in [-0.39, 0.29) is 21.7 Å². The molecule has 0 N–H and O–H groups in total. The normalized spacial score (nSPS) is 12.3. The Balaban J connectivity index is 0.000000155. The maximum atomic E-state index is 2.57. The first kappa shape index (κ1) is 88.5. The van der Waals surface area contributed by atoms with Crippen LogP contribution in [0.1, 0.15) is 105 Å². The molecule has 0 radical (unpaired) electrons. The van der Waals surface area contributed by atoms with Crippen molar-refractivity contribution < 1.29 is 0 Å². The molecule has 0 aliphatic heterocycles. The van der Waals surface area contributed by atoms with Crippen molar-refractivity contribution in [3.8, 4) is 89.0 Å². The highest BCUT2D eigenvalue weighted by atomic mass is 15.1. The molecule has 0 spiro atoms. The van der Waals surface area contributed by atoms with Crippen molar-refractivity contribution in [1.29, 1.82) is 0 Å². The predicted molar refractivity (Wildman–Crippen MR) is 620 cm³/mol. The summed E-state index contributed by atoms with van der Waals surface area (Å²) in [5.74, 6) is 0. The van der Waals surface area contributed by atoms with Gasteiger partial charge in [-0.2, -0.15) is 0 Å². The maximum absolute atomic E-state index is 2.57. The van der Waals surface area contributed by atoms with Gasteiger partial charge < -0.3 is 18.6 Å². The lowest BCUT2D eigenvalue weighted by Gasteiger charge is -2.28. The molecule has 26 aromatic rings. The Hall–Kier alpha value is -16.9. The molecule has 0 saturated heterocycles. The van der Waals surface area contributed by atoms with Crippen LogP contribution in [0.15, 0.2) is 461 Å². The lowest BCUT2D eigenvalue weighted by atomic mass is 9.86. The highest BCUT2D eigenvalue weighted by Gasteiger charge is 2.28. The highest BCUT2D eigenvalue weighted by molar-refractivity contribution is 6.29. The molecule has 692 valence electrons. The summed E-state index contributed by atoms with van der Waals surface area (Å²) in [5, 5.41) is 19.9. The minimum Gasteiger partial charge on any atom is -0.310 e. The molecule has 4 heteroatoms. The largest absolute Gasteiger partial charge is 0.310 e. The van der Waals surface area contributed by atoms with E-state index in [0.29, 0.717) is 0 Å². The van der Waals surface area contributed by atoms with Crippen LogP contribution < -0.4 is 9.80 Å². The molecule has 0 aliphatic carbocycles. The number of hydrogen-bond donors (Lipinski definition) is 0. The topological polar surface area (TPSA) is 15.3 Å². The van der Waals surface area contributed by atoms with Gasteiger partial charge in [0, 0.05) is 77.2 Å². The second-order valence-corrected chi connectivity index (χ2v) is 43.8. The van der Waals surface area contributed by atoms with Gasteiger partial charge in [0.05, 0.1) is 33.1 Å². The van der Waals surface area contributed by atoms with Gasteiger partial charge in [-0.05, 0) is 334 Å². The minimum atomic E-state index is 0.0488. The number of fused-ring (bicyclic) bond motifs is 16. The Morgan fingerprint density at radius 3 is 0.556 bits per heavy atom. The maximum Gasteiger partial charge on any atom is 0.0620 e. The Kier molecular flexibility index (Phi) is 21.2. The molecule has 0 unspecified atom stereocenters. The fraction of sp³-hybridized carbons (Fsp3) is 0.114. The minimum absolute atomic E-state index is 0.0488. The van der Waals surface area contributed by atoms with Gasteiger partial charge in [-0.15, -0.1) is 0 Å². The van der Waals surface area contributed by atoms with Gasteiger partial charge in [-0.3, -0.25) is 0 Å². The Labute approximate surface area is 843 Å². The quantitative estimate of drug-likeness (QED) is 0.108. The first-order valence-corrected chi connectivity index (χ1v) is 50.8. The zero-order valence-electron chi connectivity index (χ0n) is 83.7. The molecular weight excluding hydrogens is 1740 g/mol. The number of aromatic nitrogens is 2. The smallest absolute Gasteiger partial charge is 0.0620 e. The SMILES string of the molecule is CC(C)(C)c1ccc(N(c2ccc(C(C)(C)C)cc2)c2ccc3cc4c5cc(-c6ccc(-c7ccccc7)cc6)cc6c7cc8ccc(N(c9ccc(C(C)(C)C)cc9)c9ccc(C(C)(C)C)cc9)cc8cc7n(c4cc3c2)c56)cc1.c1ccc(-c2ccc(-c3ccc4cc5c6cc(-c7ccc(-c8ccccc8)cc7)cc7c8cc9ccc(-c%10ccc(-c%11ccccc%11)cc%10)cc9cc8n(c5cc4c3)c67)cc2)cc1. The van der Waals surface area contributed by atoms with Crippen LogP contribution in [0.5, 0.6) is 0 Å². The van der Waals surface area contributed by atoms with Crippen molar-refractivity contribution in [3.63, 3.8) is 0 Å². The van der Waals surface area contributed by atoms with Crippen LogP contribution >= 0.6 is 0 Å². The van der Waals surface area contributed by atoms with E-state index in [1.165, 1.54) is 231 Å². The molecule has 0 atom stereocenters. The number of nitrogens with zero attached hydrogens (tertiary/aromatic N) is 4. The number of anilines is 6. The fourth-order valence-electron chi connectivity index (χ4n) is 22.3. The zero-order chi connectivity index (χ0) is 97.8. The summed E-state index contributed by atoms with van der Waals surface area (Å²) in [6.07, 6.45) is 0. The predicted octanol–water partition coefficient (Wildman–Crippen LogP) is 39.8.